The van der Waals surface area contributed by atoms with Gasteiger partial charge in [0.1, 0.15) is 24.6 Å². The van der Waals surface area contributed by atoms with Gasteiger partial charge in [0.05, 0.1) is 24.6 Å². The van der Waals surface area contributed by atoms with E-state index < -0.39 is 12.1 Å². The maximum absolute atomic E-state index is 13.1. The summed E-state index contributed by atoms with van der Waals surface area (Å²) in [5, 5.41) is 10.9. The number of nitrogens with zero attached hydrogens (tertiary/aromatic N) is 5. The van der Waals surface area contributed by atoms with Crippen molar-refractivity contribution in [2.75, 3.05) is 13.7 Å². The molecule has 3 heterocycles. The van der Waals surface area contributed by atoms with Crippen LogP contribution in [0.1, 0.15) is 55.2 Å². The van der Waals surface area contributed by atoms with E-state index in [0.717, 1.165) is 12.0 Å². The summed E-state index contributed by atoms with van der Waals surface area (Å²) in [5.74, 6) is -0.447. The first-order chi connectivity index (χ1) is 16.6. The maximum atomic E-state index is 13.1. The first-order valence-corrected chi connectivity index (χ1v) is 11.4. The summed E-state index contributed by atoms with van der Waals surface area (Å²) in [5.41, 5.74) is 3.41. The molecule has 3 aromatic heterocycles. The molecule has 35 heavy (non-hydrogen) atoms. The third-order valence-corrected chi connectivity index (χ3v) is 5.72. The molecule has 4 rings (SSSR count). The van der Waals surface area contributed by atoms with Crippen LogP contribution in [0.5, 0.6) is 5.88 Å². The van der Waals surface area contributed by atoms with Gasteiger partial charge in [-0.05, 0) is 42.5 Å². The monoisotopic (exact) mass is 484 g/mol. The van der Waals surface area contributed by atoms with Crippen molar-refractivity contribution in [3.8, 4) is 5.88 Å². The van der Waals surface area contributed by atoms with Gasteiger partial charge < -0.3 is 19.5 Å². The van der Waals surface area contributed by atoms with E-state index in [4.69, 9.17) is 9.26 Å². The Morgan fingerprint density at radius 1 is 1.43 bits per heavy atom. The Balaban J connectivity index is 1.35. The summed E-state index contributed by atoms with van der Waals surface area (Å²) in [6, 6.07) is 1.85. The largest absolute Gasteiger partial charge is 0.472 e. The van der Waals surface area contributed by atoms with E-state index in [-0.39, 0.29) is 35.9 Å². The van der Waals surface area contributed by atoms with E-state index in [1.165, 1.54) is 23.7 Å². The van der Waals surface area contributed by atoms with Gasteiger partial charge in [0.25, 0.3) is 11.8 Å². The van der Waals surface area contributed by atoms with Crippen LogP contribution in [-0.2, 0) is 17.9 Å². The van der Waals surface area contributed by atoms with E-state index in [9.17, 15) is 14.0 Å². The van der Waals surface area contributed by atoms with Gasteiger partial charge in [-0.2, -0.15) is 5.10 Å². The van der Waals surface area contributed by atoms with Gasteiger partial charge in [-0.1, -0.05) is 18.6 Å². The fraction of sp³-hybridized carbons (Fsp3) is 0.458. The topological polar surface area (TPSA) is 115 Å². The second kappa shape index (κ2) is 9.85. The number of halogens is 1. The maximum Gasteiger partial charge on any atom is 0.267 e. The van der Waals surface area contributed by atoms with Crippen molar-refractivity contribution < 1.29 is 23.2 Å². The van der Waals surface area contributed by atoms with E-state index >= 15 is 0 Å². The molecule has 1 N–H and O–H groups in total. The lowest BCUT2D eigenvalue weighted by molar-refractivity contribution is -0.123. The van der Waals surface area contributed by atoms with Gasteiger partial charge in [0.2, 0.25) is 5.91 Å². The molecule has 0 aromatic carbocycles. The van der Waals surface area contributed by atoms with Gasteiger partial charge >= 0.3 is 0 Å². The molecule has 0 saturated carbocycles. The molecule has 2 amide bonds. The number of nitrogens with one attached hydrogen (secondary N) is 1. The molecule has 0 fully saturated rings. The zero-order valence-electron chi connectivity index (χ0n) is 20.2. The molecule has 0 aliphatic heterocycles. The molecule has 1 aliphatic carbocycles. The summed E-state index contributed by atoms with van der Waals surface area (Å²) in [4.78, 5) is 31.1. The third kappa shape index (κ3) is 5.84. The molecule has 3 aromatic rings. The highest BCUT2D eigenvalue weighted by Crippen LogP contribution is 2.41. The lowest BCUT2D eigenvalue weighted by Gasteiger charge is -2.34. The zero-order valence-corrected chi connectivity index (χ0v) is 20.2. The van der Waals surface area contributed by atoms with Crippen molar-refractivity contribution in [3.63, 3.8) is 0 Å². The molecular formula is C24H29FN6O4. The zero-order chi connectivity index (χ0) is 25.2. The highest BCUT2D eigenvalue weighted by molar-refractivity contribution is 5.95. The van der Waals surface area contributed by atoms with Gasteiger partial charge in [0.15, 0.2) is 5.65 Å². The lowest BCUT2D eigenvalue weighted by Crippen LogP contribution is -2.32. The minimum atomic E-state index is -1.21. The molecule has 186 valence electrons. The average Bonchev–Trinajstić information content (AvgIpc) is 3.40. The summed E-state index contributed by atoms with van der Waals surface area (Å²) in [6.45, 7) is 5.83. The Hall–Kier alpha value is -3.76. The molecule has 0 radical (unpaired) electrons. The highest BCUT2D eigenvalue weighted by atomic mass is 19.1. The van der Waals surface area contributed by atoms with Crippen molar-refractivity contribution in [3.05, 3.63) is 53.2 Å². The summed E-state index contributed by atoms with van der Waals surface area (Å²) < 4.78 is 24.7. The van der Waals surface area contributed by atoms with Crippen LogP contribution in [0, 0.1) is 5.41 Å². The van der Waals surface area contributed by atoms with Crippen LogP contribution in [0.2, 0.25) is 0 Å². The second-order valence-electron chi connectivity index (χ2n) is 9.46. The Morgan fingerprint density at radius 2 is 2.20 bits per heavy atom. The van der Waals surface area contributed by atoms with E-state index in [2.05, 4.69) is 40.5 Å². The second-order valence-corrected chi connectivity index (χ2v) is 9.46. The minimum absolute atomic E-state index is 0.00153. The van der Waals surface area contributed by atoms with Crippen LogP contribution in [0.3, 0.4) is 0 Å². The number of hydrogen-bond donors (Lipinski definition) is 1. The van der Waals surface area contributed by atoms with Crippen LogP contribution < -0.4 is 10.1 Å². The average molecular weight is 485 g/mol. The van der Waals surface area contributed by atoms with Crippen LogP contribution in [0.4, 0.5) is 4.39 Å². The highest BCUT2D eigenvalue weighted by Gasteiger charge is 2.32. The van der Waals surface area contributed by atoms with Crippen LogP contribution in [-0.4, -0.2) is 56.3 Å². The third-order valence-electron chi connectivity index (χ3n) is 5.72. The predicted octanol–water partition coefficient (Wildman–Crippen LogP) is 3.09. The fourth-order valence-corrected chi connectivity index (χ4v) is 4.27. The van der Waals surface area contributed by atoms with Crippen LogP contribution >= 0.6 is 0 Å². The molecule has 10 nitrogen and oxygen atoms in total. The quantitative estimate of drug-likeness (QED) is 0.440. The predicted molar refractivity (Wildman–Crippen MR) is 124 cm³/mol. The molecule has 0 spiro atoms. The Labute approximate surface area is 202 Å². The van der Waals surface area contributed by atoms with Gasteiger partial charge in [-0.25, -0.2) is 13.9 Å². The van der Waals surface area contributed by atoms with Crippen LogP contribution in [0.15, 0.2) is 40.9 Å². The van der Waals surface area contributed by atoms with E-state index in [1.54, 1.807) is 24.0 Å². The molecular weight excluding hydrogens is 455 g/mol. The van der Waals surface area contributed by atoms with Crippen molar-refractivity contribution >= 4 is 17.5 Å². The van der Waals surface area contributed by atoms with E-state index in [1.807, 2.05) is 6.07 Å². The Morgan fingerprint density at radius 3 is 2.91 bits per heavy atom. The lowest BCUT2D eigenvalue weighted by atomic mass is 9.71. The first kappa shape index (κ1) is 24.4. The number of carbonyl (C=O) groups is 2. The number of ether oxygens (including phenoxy) is 1. The standard InChI is InChI=1S/C24H29FN6O4/c1-15-6-24(3,7-15)8-21(32)26-9-17-5-20-28-18(12-31(20)27-10-17)11-30(4)23(33)19-14-35-29-22(19)34-13-16(2)25/h5-6,10,12,14,16H,7-9,11,13H2,1-4H3,(H,26,32)/t16?,24-/m1/s1. The SMILES string of the molecule is CC1=C[C@@](C)(CC(=O)NCc2cnn3cc(CN(C)C(=O)c4conc4OCC(C)F)nc3c2)C1. The number of alkyl halides is 1. The normalized spacial score (nSPS) is 18.0. The summed E-state index contributed by atoms with van der Waals surface area (Å²) >= 11 is 0. The van der Waals surface area contributed by atoms with Crippen LogP contribution in [0.25, 0.3) is 5.65 Å². The smallest absolute Gasteiger partial charge is 0.267 e. The molecule has 2 atom stereocenters. The molecule has 0 bridgehead atoms. The number of allylic oxidation sites excluding steroid dienone is 2. The van der Waals surface area contributed by atoms with Gasteiger partial charge in [0, 0.05) is 20.0 Å². The summed E-state index contributed by atoms with van der Waals surface area (Å²) in [6.07, 6.45) is 6.92. The van der Waals surface area contributed by atoms with Gasteiger partial charge in [-0.3, -0.25) is 9.59 Å². The number of amides is 2. The van der Waals surface area contributed by atoms with Crippen molar-refractivity contribution in [2.24, 2.45) is 5.41 Å². The number of hydrogen-bond acceptors (Lipinski definition) is 7. The summed E-state index contributed by atoms with van der Waals surface area (Å²) in [7, 11) is 1.61. The first-order valence-electron chi connectivity index (χ1n) is 11.4. The number of rotatable bonds is 10. The number of imidazole rings is 1. The molecule has 0 saturated heterocycles. The number of carbonyl (C=O) groups excluding carboxylic acids is 2. The molecule has 1 unspecified atom stereocenters. The minimum Gasteiger partial charge on any atom is -0.472 e. The Kier molecular flexibility index (Phi) is 6.86. The fourth-order valence-electron chi connectivity index (χ4n) is 4.27. The number of fused-ring (bicyclic) bond motifs is 1. The number of aromatic nitrogens is 4. The molecule has 1 aliphatic rings. The molecule has 11 heteroatoms. The van der Waals surface area contributed by atoms with E-state index in [0.29, 0.717) is 24.3 Å². The van der Waals surface area contributed by atoms with Gasteiger partial charge in [-0.15, -0.1) is 0 Å². The van der Waals surface area contributed by atoms with Crippen molar-refractivity contribution in [1.82, 2.24) is 30.0 Å². The van der Waals surface area contributed by atoms with Crippen molar-refractivity contribution in [1.29, 1.82) is 0 Å². The van der Waals surface area contributed by atoms with Crippen molar-refractivity contribution in [2.45, 2.75) is 52.9 Å². The Bertz CT molecular complexity index is 1270.